The number of carbonyl (C=O) groups is 1. The summed E-state index contributed by atoms with van der Waals surface area (Å²) in [7, 11) is 4.60. The lowest BCUT2D eigenvalue weighted by molar-refractivity contribution is 0.0596. The number of aromatic nitrogens is 1. The molecule has 0 amide bonds. The summed E-state index contributed by atoms with van der Waals surface area (Å²) in [6.45, 7) is 0. The third-order valence-electron chi connectivity index (χ3n) is 4.09. The molecular formula is C20H18BrNO4. The second-order valence-electron chi connectivity index (χ2n) is 5.51. The van der Waals surface area contributed by atoms with Crippen LogP contribution in [-0.2, 0) is 4.74 Å². The van der Waals surface area contributed by atoms with Gasteiger partial charge in [0.05, 0.1) is 31.5 Å². The van der Waals surface area contributed by atoms with E-state index in [1.807, 2.05) is 48.5 Å². The van der Waals surface area contributed by atoms with Gasteiger partial charge in [0.1, 0.15) is 17.2 Å². The second kappa shape index (κ2) is 7.66. The Bertz CT molecular complexity index is 914. The molecule has 134 valence electrons. The zero-order valence-corrected chi connectivity index (χ0v) is 16.2. The Labute approximate surface area is 160 Å². The van der Waals surface area contributed by atoms with Gasteiger partial charge in [-0.15, -0.1) is 0 Å². The van der Waals surface area contributed by atoms with Crippen molar-refractivity contribution in [2.24, 2.45) is 0 Å². The van der Waals surface area contributed by atoms with Crippen LogP contribution in [0.15, 0.2) is 53.0 Å². The van der Waals surface area contributed by atoms with Crippen molar-refractivity contribution in [3.05, 3.63) is 58.7 Å². The third-order valence-corrected chi connectivity index (χ3v) is 4.88. The van der Waals surface area contributed by atoms with Crippen LogP contribution in [0.25, 0.3) is 22.4 Å². The lowest BCUT2D eigenvalue weighted by atomic mass is 10.0. The molecule has 0 aliphatic heterocycles. The minimum atomic E-state index is -0.434. The topological polar surface area (TPSA) is 60.6 Å². The molecule has 0 aliphatic carbocycles. The number of halogens is 1. The fraction of sp³-hybridized carbons (Fsp3) is 0.150. The molecule has 0 atom stereocenters. The Morgan fingerprint density at radius 2 is 1.35 bits per heavy atom. The Balaban J connectivity index is 2.15. The smallest absolute Gasteiger partial charge is 0.355 e. The number of carbonyl (C=O) groups excluding carboxylic acids is 1. The maximum atomic E-state index is 12.3. The standard InChI is InChI=1S/C20H18BrNO4/c1-24-14-8-4-12(5-9-14)16-17(21)18(22-19(16)20(23)26-3)13-6-10-15(25-2)11-7-13/h4-11,22H,1-3H3. The van der Waals surface area contributed by atoms with Crippen LogP contribution in [0.1, 0.15) is 10.5 Å². The van der Waals surface area contributed by atoms with Gasteiger partial charge in [0.2, 0.25) is 0 Å². The molecule has 0 aliphatic rings. The SMILES string of the molecule is COC(=O)c1[nH]c(-c2ccc(OC)cc2)c(Br)c1-c1ccc(OC)cc1. The fourth-order valence-corrected chi connectivity index (χ4v) is 3.47. The van der Waals surface area contributed by atoms with E-state index >= 15 is 0 Å². The summed E-state index contributed by atoms with van der Waals surface area (Å²) in [5.41, 5.74) is 3.70. The molecule has 5 nitrogen and oxygen atoms in total. The van der Waals surface area contributed by atoms with Gasteiger partial charge in [-0.25, -0.2) is 4.79 Å². The summed E-state index contributed by atoms with van der Waals surface area (Å²) in [4.78, 5) is 15.5. The van der Waals surface area contributed by atoms with E-state index in [4.69, 9.17) is 14.2 Å². The molecule has 0 saturated carbocycles. The van der Waals surface area contributed by atoms with Gasteiger partial charge in [-0.05, 0) is 63.5 Å². The zero-order valence-electron chi connectivity index (χ0n) is 14.6. The van der Waals surface area contributed by atoms with Gasteiger partial charge in [-0.2, -0.15) is 0 Å². The highest BCUT2D eigenvalue weighted by Gasteiger charge is 2.23. The van der Waals surface area contributed by atoms with E-state index in [1.165, 1.54) is 7.11 Å². The number of ether oxygens (including phenoxy) is 3. The van der Waals surface area contributed by atoms with Gasteiger partial charge in [-0.3, -0.25) is 0 Å². The van der Waals surface area contributed by atoms with Crippen molar-refractivity contribution < 1.29 is 19.0 Å². The van der Waals surface area contributed by atoms with Gasteiger partial charge >= 0.3 is 5.97 Å². The van der Waals surface area contributed by atoms with E-state index in [0.717, 1.165) is 38.4 Å². The Kier molecular flexibility index (Phi) is 5.32. The predicted molar refractivity (Wildman–Crippen MR) is 104 cm³/mol. The van der Waals surface area contributed by atoms with E-state index < -0.39 is 5.97 Å². The molecule has 0 radical (unpaired) electrons. The largest absolute Gasteiger partial charge is 0.497 e. The first-order valence-corrected chi connectivity index (χ1v) is 8.67. The second-order valence-corrected chi connectivity index (χ2v) is 6.31. The number of esters is 1. The Hall–Kier alpha value is -2.73. The number of hydrogen-bond acceptors (Lipinski definition) is 4. The average molecular weight is 416 g/mol. The maximum Gasteiger partial charge on any atom is 0.355 e. The number of methoxy groups -OCH3 is 3. The maximum absolute atomic E-state index is 12.3. The van der Waals surface area contributed by atoms with E-state index in [-0.39, 0.29) is 0 Å². The summed E-state index contributed by atoms with van der Waals surface area (Å²) in [6.07, 6.45) is 0. The third kappa shape index (κ3) is 3.32. The molecule has 0 unspecified atom stereocenters. The van der Waals surface area contributed by atoms with Gasteiger partial charge in [0.15, 0.2) is 0 Å². The Morgan fingerprint density at radius 3 is 1.81 bits per heavy atom. The summed E-state index contributed by atoms with van der Waals surface area (Å²) in [5.74, 6) is 1.08. The molecule has 0 fully saturated rings. The molecule has 1 aromatic heterocycles. The van der Waals surface area contributed by atoms with Crippen LogP contribution in [0.5, 0.6) is 11.5 Å². The van der Waals surface area contributed by atoms with E-state index in [9.17, 15) is 4.79 Å². The van der Waals surface area contributed by atoms with Crippen molar-refractivity contribution in [1.29, 1.82) is 0 Å². The van der Waals surface area contributed by atoms with Crippen molar-refractivity contribution in [3.8, 4) is 33.9 Å². The number of hydrogen-bond donors (Lipinski definition) is 1. The lowest BCUT2D eigenvalue weighted by Gasteiger charge is -2.06. The average Bonchev–Trinajstić information content (AvgIpc) is 3.04. The number of aromatic amines is 1. The molecule has 0 bridgehead atoms. The highest BCUT2D eigenvalue weighted by molar-refractivity contribution is 9.10. The fourth-order valence-electron chi connectivity index (χ4n) is 2.72. The van der Waals surface area contributed by atoms with Gasteiger partial charge < -0.3 is 19.2 Å². The van der Waals surface area contributed by atoms with E-state index in [2.05, 4.69) is 20.9 Å². The molecule has 0 spiro atoms. The van der Waals surface area contributed by atoms with Crippen LogP contribution >= 0.6 is 15.9 Å². The number of H-pyrrole nitrogens is 1. The highest BCUT2D eigenvalue weighted by Crippen LogP contribution is 2.40. The first kappa shape index (κ1) is 18.1. The number of rotatable bonds is 5. The molecule has 2 aromatic carbocycles. The van der Waals surface area contributed by atoms with Crippen LogP contribution in [0, 0.1) is 0 Å². The van der Waals surface area contributed by atoms with E-state index in [1.54, 1.807) is 14.2 Å². The van der Waals surface area contributed by atoms with Crippen LogP contribution in [-0.4, -0.2) is 32.3 Å². The monoisotopic (exact) mass is 415 g/mol. The van der Waals surface area contributed by atoms with Crippen molar-refractivity contribution in [2.75, 3.05) is 21.3 Å². The Morgan fingerprint density at radius 1 is 0.846 bits per heavy atom. The highest BCUT2D eigenvalue weighted by atomic mass is 79.9. The molecule has 26 heavy (non-hydrogen) atoms. The summed E-state index contributed by atoms with van der Waals surface area (Å²) in [6, 6.07) is 15.1. The van der Waals surface area contributed by atoms with Crippen LogP contribution < -0.4 is 9.47 Å². The minimum Gasteiger partial charge on any atom is -0.497 e. The van der Waals surface area contributed by atoms with Crippen molar-refractivity contribution in [3.63, 3.8) is 0 Å². The van der Waals surface area contributed by atoms with Crippen LogP contribution in [0.2, 0.25) is 0 Å². The molecule has 3 aromatic rings. The van der Waals surface area contributed by atoms with Gasteiger partial charge in [0.25, 0.3) is 0 Å². The van der Waals surface area contributed by atoms with Crippen molar-refractivity contribution >= 4 is 21.9 Å². The number of nitrogens with one attached hydrogen (secondary N) is 1. The van der Waals surface area contributed by atoms with Crippen LogP contribution in [0.3, 0.4) is 0 Å². The summed E-state index contributed by atoms with van der Waals surface area (Å²) >= 11 is 3.64. The molecule has 1 N–H and O–H groups in total. The zero-order chi connectivity index (χ0) is 18.7. The van der Waals surface area contributed by atoms with Gasteiger partial charge in [-0.1, -0.05) is 12.1 Å². The summed E-state index contributed by atoms with van der Waals surface area (Å²) in [5, 5.41) is 0. The first-order chi connectivity index (χ1) is 12.6. The van der Waals surface area contributed by atoms with Crippen LogP contribution in [0.4, 0.5) is 0 Å². The number of benzene rings is 2. The molecule has 6 heteroatoms. The predicted octanol–water partition coefficient (Wildman–Crippen LogP) is 4.92. The summed E-state index contributed by atoms with van der Waals surface area (Å²) < 4.78 is 16.1. The first-order valence-electron chi connectivity index (χ1n) is 7.87. The van der Waals surface area contributed by atoms with Crippen molar-refractivity contribution in [1.82, 2.24) is 4.98 Å². The lowest BCUT2D eigenvalue weighted by Crippen LogP contribution is -2.03. The molecular weight excluding hydrogens is 398 g/mol. The quantitative estimate of drug-likeness (QED) is 0.601. The minimum absolute atomic E-state index is 0.385. The van der Waals surface area contributed by atoms with Gasteiger partial charge in [0, 0.05) is 5.56 Å². The van der Waals surface area contributed by atoms with E-state index in [0.29, 0.717) is 5.69 Å². The van der Waals surface area contributed by atoms with Crippen molar-refractivity contribution in [2.45, 2.75) is 0 Å². The molecule has 3 rings (SSSR count). The molecule has 1 heterocycles. The normalized spacial score (nSPS) is 10.5. The molecule has 0 saturated heterocycles.